The Morgan fingerprint density at radius 1 is 1.09 bits per heavy atom. The first-order valence-corrected chi connectivity index (χ1v) is 11.7. The second kappa shape index (κ2) is 8.62. The van der Waals surface area contributed by atoms with E-state index in [0.29, 0.717) is 28.1 Å². The predicted molar refractivity (Wildman–Crippen MR) is 133 cm³/mol. The number of rotatable bonds is 5. The summed E-state index contributed by atoms with van der Waals surface area (Å²) in [6, 6.07) is 11.1. The van der Waals surface area contributed by atoms with E-state index in [4.69, 9.17) is 16.0 Å². The first-order valence-electron chi connectivity index (χ1n) is 11.3. The number of hydrogen-bond donors (Lipinski definition) is 0. The zero-order valence-electron chi connectivity index (χ0n) is 20.2. The molecule has 3 aromatic rings. The summed E-state index contributed by atoms with van der Waals surface area (Å²) >= 11 is 6.32. The normalized spacial score (nSPS) is 16.2. The molecule has 0 fully saturated rings. The summed E-state index contributed by atoms with van der Waals surface area (Å²) in [6.45, 7) is 9.71. The fourth-order valence-electron chi connectivity index (χ4n) is 4.44. The lowest BCUT2D eigenvalue weighted by molar-refractivity contribution is 0.0722. The number of carbonyl (C=O) groups is 1. The third-order valence-corrected chi connectivity index (χ3v) is 6.75. The second-order valence-electron chi connectivity index (χ2n) is 10.2. The zero-order chi connectivity index (χ0) is 24.1. The molecule has 1 amide bonds. The van der Waals surface area contributed by atoms with Crippen molar-refractivity contribution >= 4 is 28.5 Å². The van der Waals surface area contributed by atoms with Gasteiger partial charge < -0.3 is 14.2 Å². The van der Waals surface area contributed by atoms with Gasteiger partial charge in [-0.2, -0.15) is 0 Å². The minimum atomic E-state index is -0.482. The second-order valence-corrected chi connectivity index (χ2v) is 10.6. The molecule has 0 N–H and O–H groups in total. The number of carbonyl (C=O) groups excluding carboxylic acids is 1. The number of nitrogens with zero attached hydrogens (tertiary/aromatic N) is 2. The molecule has 1 aromatic heterocycles. The quantitative estimate of drug-likeness (QED) is 0.494. The maximum Gasteiger partial charge on any atom is 0.290 e. The molecule has 33 heavy (non-hydrogen) atoms. The average Bonchev–Trinajstić information content (AvgIpc) is 3.01. The Bertz CT molecular complexity index is 1270. The third kappa shape index (κ3) is 4.32. The van der Waals surface area contributed by atoms with Gasteiger partial charge in [0.1, 0.15) is 5.58 Å². The van der Waals surface area contributed by atoms with E-state index in [1.807, 2.05) is 33.2 Å². The van der Waals surface area contributed by atoms with Gasteiger partial charge in [0.25, 0.3) is 5.91 Å². The molecular formula is C27H31ClN2O3. The van der Waals surface area contributed by atoms with Crippen molar-refractivity contribution in [2.45, 2.75) is 45.6 Å². The van der Waals surface area contributed by atoms with E-state index < -0.39 is 6.04 Å². The van der Waals surface area contributed by atoms with E-state index in [0.717, 1.165) is 24.1 Å². The van der Waals surface area contributed by atoms with Crippen molar-refractivity contribution in [2.75, 3.05) is 27.2 Å². The Morgan fingerprint density at radius 3 is 2.36 bits per heavy atom. The van der Waals surface area contributed by atoms with Crippen LogP contribution in [0.15, 0.2) is 45.6 Å². The highest BCUT2D eigenvalue weighted by molar-refractivity contribution is 6.32. The van der Waals surface area contributed by atoms with Crippen LogP contribution in [0.4, 0.5) is 0 Å². The molecule has 2 heterocycles. The van der Waals surface area contributed by atoms with Gasteiger partial charge in [-0.25, -0.2) is 0 Å². The Balaban J connectivity index is 1.88. The lowest BCUT2D eigenvalue weighted by Gasteiger charge is -2.26. The molecule has 174 valence electrons. The van der Waals surface area contributed by atoms with E-state index in [1.165, 1.54) is 5.56 Å². The van der Waals surface area contributed by atoms with Gasteiger partial charge in [-0.1, -0.05) is 56.6 Å². The Labute approximate surface area is 199 Å². The molecule has 0 bridgehead atoms. The number of benzene rings is 2. The van der Waals surface area contributed by atoms with Gasteiger partial charge in [0.2, 0.25) is 5.76 Å². The van der Waals surface area contributed by atoms with Gasteiger partial charge in [-0.3, -0.25) is 9.59 Å². The van der Waals surface area contributed by atoms with Crippen LogP contribution in [0, 0.1) is 6.92 Å². The molecule has 0 saturated heterocycles. The van der Waals surface area contributed by atoms with Gasteiger partial charge in [0.05, 0.1) is 17.0 Å². The Morgan fingerprint density at radius 2 is 1.76 bits per heavy atom. The standard InChI is InChI=1S/C27H31ClN2O3/c1-16-14-21-19(15-20(16)28)24(31)22-23(17-8-10-18(11-9-17)27(2,3)4)30(13-7-12-29(5)6)26(32)25(22)33-21/h8-11,14-15,23H,7,12-13H2,1-6H3. The molecule has 1 aliphatic rings. The lowest BCUT2D eigenvalue weighted by atomic mass is 9.86. The third-order valence-electron chi connectivity index (χ3n) is 6.34. The Kier molecular flexibility index (Phi) is 6.14. The highest BCUT2D eigenvalue weighted by Crippen LogP contribution is 2.39. The van der Waals surface area contributed by atoms with Crippen LogP contribution in [0.5, 0.6) is 0 Å². The van der Waals surface area contributed by atoms with Gasteiger partial charge in [0, 0.05) is 11.6 Å². The predicted octanol–water partition coefficient (Wildman–Crippen LogP) is 5.55. The number of fused-ring (bicyclic) bond motifs is 2. The van der Waals surface area contributed by atoms with Crippen molar-refractivity contribution in [1.82, 2.24) is 9.80 Å². The van der Waals surface area contributed by atoms with Crippen molar-refractivity contribution in [3.63, 3.8) is 0 Å². The lowest BCUT2D eigenvalue weighted by Crippen LogP contribution is -2.32. The topological polar surface area (TPSA) is 53.8 Å². The Hall–Kier alpha value is -2.63. The summed E-state index contributed by atoms with van der Waals surface area (Å²) in [4.78, 5) is 31.0. The van der Waals surface area contributed by atoms with Crippen LogP contribution in [0.2, 0.25) is 5.02 Å². The number of hydrogen-bond acceptors (Lipinski definition) is 4. The summed E-state index contributed by atoms with van der Waals surface area (Å²) in [5, 5.41) is 0.914. The molecule has 0 radical (unpaired) electrons. The molecule has 6 heteroatoms. The summed E-state index contributed by atoms with van der Waals surface area (Å²) in [7, 11) is 4.01. The van der Waals surface area contributed by atoms with Crippen molar-refractivity contribution in [2.24, 2.45) is 0 Å². The SMILES string of the molecule is Cc1cc2oc3c(c(=O)c2cc1Cl)C(c1ccc(C(C)(C)C)cc1)N(CCCN(C)C)C3=O. The summed E-state index contributed by atoms with van der Waals surface area (Å²) in [5.41, 5.74) is 3.52. The van der Waals surface area contributed by atoms with Crippen LogP contribution in [-0.2, 0) is 5.41 Å². The molecule has 1 aliphatic heterocycles. The van der Waals surface area contributed by atoms with Crippen molar-refractivity contribution in [1.29, 1.82) is 0 Å². The molecule has 4 rings (SSSR count). The van der Waals surface area contributed by atoms with Gasteiger partial charge in [-0.15, -0.1) is 0 Å². The van der Waals surface area contributed by atoms with E-state index in [-0.39, 0.29) is 22.5 Å². The minimum Gasteiger partial charge on any atom is -0.450 e. The summed E-state index contributed by atoms with van der Waals surface area (Å²) in [5.74, 6) is -0.0933. The van der Waals surface area contributed by atoms with Crippen LogP contribution in [-0.4, -0.2) is 42.9 Å². The van der Waals surface area contributed by atoms with E-state index in [2.05, 4.69) is 37.8 Å². The fourth-order valence-corrected chi connectivity index (χ4v) is 4.60. The first-order chi connectivity index (χ1) is 15.5. The maximum atomic E-state index is 13.7. The van der Waals surface area contributed by atoms with Crippen LogP contribution in [0.3, 0.4) is 0 Å². The number of aryl methyl sites for hydroxylation is 1. The average molecular weight is 467 g/mol. The van der Waals surface area contributed by atoms with E-state index in [1.54, 1.807) is 17.0 Å². The van der Waals surface area contributed by atoms with Crippen molar-refractivity contribution in [3.8, 4) is 0 Å². The first kappa shape index (κ1) is 23.5. The monoisotopic (exact) mass is 466 g/mol. The smallest absolute Gasteiger partial charge is 0.290 e. The van der Waals surface area contributed by atoms with Crippen LogP contribution in [0.1, 0.15) is 66.0 Å². The highest BCUT2D eigenvalue weighted by atomic mass is 35.5. The zero-order valence-corrected chi connectivity index (χ0v) is 20.9. The summed E-state index contributed by atoms with van der Waals surface area (Å²) in [6.07, 6.45) is 0.794. The highest BCUT2D eigenvalue weighted by Gasteiger charge is 2.42. The van der Waals surface area contributed by atoms with E-state index in [9.17, 15) is 9.59 Å². The number of halogens is 1. The van der Waals surface area contributed by atoms with E-state index >= 15 is 0 Å². The van der Waals surface area contributed by atoms with Crippen LogP contribution in [0.25, 0.3) is 11.0 Å². The maximum absolute atomic E-state index is 13.7. The van der Waals surface area contributed by atoms with Gasteiger partial charge in [0.15, 0.2) is 5.43 Å². The molecule has 1 atom stereocenters. The number of amides is 1. The molecule has 0 saturated carbocycles. The van der Waals surface area contributed by atoms with Crippen LogP contribution < -0.4 is 5.43 Å². The molecule has 0 aliphatic carbocycles. The fraction of sp³-hybridized carbons (Fsp3) is 0.407. The molecular weight excluding hydrogens is 436 g/mol. The van der Waals surface area contributed by atoms with Gasteiger partial charge >= 0.3 is 0 Å². The largest absolute Gasteiger partial charge is 0.450 e. The minimum absolute atomic E-state index is 0.0111. The van der Waals surface area contributed by atoms with Crippen molar-refractivity contribution < 1.29 is 9.21 Å². The molecule has 0 spiro atoms. The van der Waals surface area contributed by atoms with Crippen molar-refractivity contribution in [3.05, 3.63) is 79.7 Å². The van der Waals surface area contributed by atoms with Crippen LogP contribution >= 0.6 is 11.6 Å². The van der Waals surface area contributed by atoms with Gasteiger partial charge in [-0.05, 0) is 68.2 Å². The molecule has 2 aromatic carbocycles. The summed E-state index contributed by atoms with van der Waals surface area (Å²) < 4.78 is 6.06. The molecule has 1 unspecified atom stereocenters. The molecule has 5 nitrogen and oxygen atoms in total.